The van der Waals surface area contributed by atoms with E-state index in [1.54, 1.807) is 0 Å². The van der Waals surface area contributed by atoms with Crippen LogP contribution in [-0.2, 0) is 15.1 Å². The topological polar surface area (TPSA) is 38.3 Å². The van der Waals surface area contributed by atoms with Crippen LogP contribution in [0.25, 0.3) is 0 Å². The maximum Gasteiger partial charge on any atom is 0.246 e. The summed E-state index contributed by atoms with van der Waals surface area (Å²) >= 11 is 0. The Bertz CT molecular complexity index is 520. The van der Waals surface area contributed by atoms with Crippen LogP contribution in [0.5, 0.6) is 0 Å². The maximum atomic E-state index is 14.1. The molecule has 1 saturated carbocycles. The Morgan fingerprint density at radius 1 is 1.32 bits per heavy atom. The molecule has 3 rings (SSSR count). The smallest absolute Gasteiger partial charge is 0.246 e. The lowest BCUT2D eigenvalue weighted by Gasteiger charge is -2.47. The molecule has 1 aromatic carbocycles. The predicted octanol–water partition coefficient (Wildman–Crippen LogP) is 2.25. The highest BCUT2D eigenvalue weighted by Gasteiger charge is 2.48. The molecule has 1 amide bonds. The number of fused-ring (bicyclic) bond motifs is 1. The Balaban J connectivity index is 2.11. The number of morpholine rings is 1. The number of amides is 1. The molecular weight excluding hydrogens is 252 g/mol. The molecular formula is C14H15F2NO2. The molecule has 1 aromatic rings. The van der Waals surface area contributed by atoms with Gasteiger partial charge in [0.1, 0.15) is 6.61 Å². The fraction of sp³-hybridized carbons (Fsp3) is 0.500. The van der Waals surface area contributed by atoms with Crippen molar-refractivity contribution < 1.29 is 18.3 Å². The maximum absolute atomic E-state index is 14.1. The minimum absolute atomic E-state index is 0.0106. The normalized spacial score (nSPS) is 30.6. The van der Waals surface area contributed by atoms with Crippen LogP contribution in [0.15, 0.2) is 18.2 Å². The van der Waals surface area contributed by atoms with Gasteiger partial charge in [0.15, 0.2) is 11.6 Å². The van der Waals surface area contributed by atoms with Gasteiger partial charge in [0, 0.05) is 5.56 Å². The van der Waals surface area contributed by atoms with Crippen LogP contribution in [0.1, 0.15) is 31.2 Å². The summed E-state index contributed by atoms with van der Waals surface area (Å²) in [5.41, 5.74) is -0.718. The predicted molar refractivity (Wildman–Crippen MR) is 64.4 cm³/mol. The number of hydrogen-bond donors (Lipinski definition) is 1. The molecule has 2 fully saturated rings. The van der Waals surface area contributed by atoms with E-state index in [1.165, 1.54) is 12.1 Å². The van der Waals surface area contributed by atoms with Crippen LogP contribution in [-0.4, -0.2) is 18.6 Å². The van der Waals surface area contributed by atoms with Gasteiger partial charge >= 0.3 is 0 Å². The number of hydrogen-bond acceptors (Lipinski definition) is 2. The molecule has 2 unspecified atom stereocenters. The lowest BCUT2D eigenvalue weighted by atomic mass is 9.73. The van der Waals surface area contributed by atoms with E-state index in [4.69, 9.17) is 4.74 Å². The summed E-state index contributed by atoms with van der Waals surface area (Å²) < 4.78 is 33.1. The SMILES string of the molecule is O=C1COC2CCCCC2(c2cccc(F)c2F)N1. The zero-order valence-electron chi connectivity index (χ0n) is 10.4. The monoisotopic (exact) mass is 267 g/mol. The van der Waals surface area contributed by atoms with Crippen molar-refractivity contribution in [3.05, 3.63) is 35.4 Å². The first-order valence-electron chi connectivity index (χ1n) is 6.50. The number of rotatable bonds is 1. The number of carbonyl (C=O) groups excluding carboxylic acids is 1. The van der Waals surface area contributed by atoms with Crippen molar-refractivity contribution in [3.8, 4) is 0 Å². The van der Waals surface area contributed by atoms with E-state index in [-0.39, 0.29) is 24.2 Å². The highest BCUT2D eigenvalue weighted by Crippen LogP contribution is 2.42. The first-order chi connectivity index (χ1) is 9.13. The van der Waals surface area contributed by atoms with E-state index in [1.807, 2.05) is 0 Å². The molecule has 19 heavy (non-hydrogen) atoms. The van der Waals surface area contributed by atoms with E-state index in [2.05, 4.69) is 5.32 Å². The van der Waals surface area contributed by atoms with Gasteiger partial charge in [-0.1, -0.05) is 25.0 Å². The lowest BCUT2D eigenvalue weighted by molar-refractivity contribution is -0.149. The van der Waals surface area contributed by atoms with Crippen LogP contribution in [0.2, 0.25) is 0 Å². The quantitative estimate of drug-likeness (QED) is 0.847. The summed E-state index contributed by atoms with van der Waals surface area (Å²) in [6.45, 7) is -0.0106. The number of ether oxygens (including phenoxy) is 1. The summed E-state index contributed by atoms with van der Waals surface area (Å²) in [7, 11) is 0. The van der Waals surface area contributed by atoms with Gasteiger partial charge in [-0.2, -0.15) is 0 Å². The Morgan fingerprint density at radius 2 is 2.16 bits per heavy atom. The summed E-state index contributed by atoms with van der Waals surface area (Å²) in [5.74, 6) is -2.06. The third-order valence-corrected chi connectivity index (χ3v) is 4.05. The average Bonchev–Trinajstić information content (AvgIpc) is 2.41. The lowest BCUT2D eigenvalue weighted by Crippen LogP contribution is -2.61. The summed E-state index contributed by atoms with van der Waals surface area (Å²) in [6, 6.07) is 4.08. The molecule has 2 aliphatic rings. The van der Waals surface area contributed by atoms with Crippen LogP contribution < -0.4 is 5.32 Å². The van der Waals surface area contributed by atoms with Crippen molar-refractivity contribution in [2.45, 2.75) is 37.3 Å². The molecule has 1 aliphatic heterocycles. The van der Waals surface area contributed by atoms with Gasteiger partial charge in [0.05, 0.1) is 11.6 Å². The number of carbonyl (C=O) groups is 1. The van der Waals surface area contributed by atoms with Crippen LogP contribution in [0.3, 0.4) is 0 Å². The van der Waals surface area contributed by atoms with Crippen molar-refractivity contribution in [1.29, 1.82) is 0 Å². The zero-order valence-corrected chi connectivity index (χ0v) is 10.4. The number of nitrogens with one attached hydrogen (secondary N) is 1. The van der Waals surface area contributed by atoms with Crippen LogP contribution in [0.4, 0.5) is 8.78 Å². The van der Waals surface area contributed by atoms with Crippen molar-refractivity contribution in [2.24, 2.45) is 0 Å². The van der Waals surface area contributed by atoms with Crippen molar-refractivity contribution in [1.82, 2.24) is 5.32 Å². The molecule has 102 valence electrons. The van der Waals surface area contributed by atoms with Gasteiger partial charge in [-0.15, -0.1) is 0 Å². The van der Waals surface area contributed by atoms with Crippen molar-refractivity contribution in [2.75, 3.05) is 6.61 Å². The van der Waals surface area contributed by atoms with Gasteiger partial charge in [0.2, 0.25) is 5.91 Å². The molecule has 0 bridgehead atoms. The number of benzene rings is 1. The molecule has 1 saturated heterocycles. The Kier molecular flexibility index (Phi) is 3.01. The van der Waals surface area contributed by atoms with Gasteiger partial charge < -0.3 is 10.1 Å². The van der Waals surface area contributed by atoms with Crippen LogP contribution in [0, 0.1) is 11.6 Å². The first-order valence-corrected chi connectivity index (χ1v) is 6.50. The van der Waals surface area contributed by atoms with E-state index in [0.29, 0.717) is 6.42 Å². The largest absolute Gasteiger partial charge is 0.366 e. The molecule has 0 spiro atoms. The molecule has 0 radical (unpaired) electrons. The van der Waals surface area contributed by atoms with E-state index in [9.17, 15) is 13.6 Å². The minimum atomic E-state index is -0.917. The molecule has 2 atom stereocenters. The third-order valence-electron chi connectivity index (χ3n) is 4.05. The number of halogens is 2. The Hall–Kier alpha value is -1.49. The summed E-state index contributed by atoms with van der Waals surface area (Å²) in [5, 5.41) is 2.85. The highest BCUT2D eigenvalue weighted by molar-refractivity contribution is 5.79. The Labute approximate surface area is 109 Å². The van der Waals surface area contributed by atoms with Gasteiger partial charge in [-0.05, 0) is 18.9 Å². The average molecular weight is 267 g/mol. The van der Waals surface area contributed by atoms with E-state index >= 15 is 0 Å². The molecule has 1 heterocycles. The molecule has 5 heteroatoms. The second-order valence-electron chi connectivity index (χ2n) is 5.17. The molecule has 1 N–H and O–H groups in total. The molecule has 3 nitrogen and oxygen atoms in total. The molecule has 0 aromatic heterocycles. The van der Waals surface area contributed by atoms with Gasteiger partial charge in [-0.25, -0.2) is 8.78 Å². The Morgan fingerprint density at radius 3 is 3.00 bits per heavy atom. The van der Waals surface area contributed by atoms with E-state index < -0.39 is 17.2 Å². The van der Waals surface area contributed by atoms with Gasteiger partial charge in [-0.3, -0.25) is 4.79 Å². The molecule has 1 aliphatic carbocycles. The van der Waals surface area contributed by atoms with Crippen molar-refractivity contribution >= 4 is 5.91 Å². The van der Waals surface area contributed by atoms with Crippen LogP contribution >= 0.6 is 0 Å². The minimum Gasteiger partial charge on any atom is -0.366 e. The van der Waals surface area contributed by atoms with Gasteiger partial charge in [0.25, 0.3) is 0 Å². The second-order valence-corrected chi connectivity index (χ2v) is 5.17. The second kappa shape index (κ2) is 4.56. The van der Waals surface area contributed by atoms with Crippen molar-refractivity contribution in [3.63, 3.8) is 0 Å². The summed E-state index contributed by atoms with van der Waals surface area (Å²) in [4.78, 5) is 11.6. The standard InChI is InChI=1S/C14H15F2NO2/c15-10-5-3-4-9(13(10)16)14-7-2-1-6-11(14)19-8-12(18)17-14/h3-5,11H,1-2,6-8H2,(H,17,18). The van der Waals surface area contributed by atoms with E-state index in [0.717, 1.165) is 25.3 Å². The summed E-state index contributed by atoms with van der Waals surface area (Å²) in [6.07, 6.45) is 2.87. The fourth-order valence-electron chi connectivity index (χ4n) is 3.19. The zero-order chi connectivity index (χ0) is 13.5. The highest BCUT2D eigenvalue weighted by atomic mass is 19.2. The first kappa shape index (κ1) is 12.5. The fourth-order valence-corrected chi connectivity index (χ4v) is 3.19. The third kappa shape index (κ3) is 1.92.